The van der Waals surface area contributed by atoms with E-state index >= 15 is 0 Å². The molecule has 2 heterocycles. The number of aromatic carboxylic acids is 1. The van der Waals surface area contributed by atoms with E-state index in [4.69, 9.17) is 5.73 Å². The maximum Gasteiger partial charge on any atom is 0.335 e. The van der Waals surface area contributed by atoms with Crippen LogP contribution in [-0.2, 0) is 19.3 Å². The number of aliphatic imine (C=N–C) groups is 1. The molecule has 148 valence electrons. The summed E-state index contributed by atoms with van der Waals surface area (Å²) in [5.74, 6) is -0.214. The molecule has 6 nitrogen and oxygen atoms in total. The van der Waals surface area contributed by atoms with Gasteiger partial charge in [0.15, 0.2) is 12.7 Å². The van der Waals surface area contributed by atoms with Crippen LogP contribution in [0.5, 0.6) is 0 Å². The summed E-state index contributed by atoms with van der Waals surface area (Å²) < 4.78 is 0. The Morgan fingerprint density at radius 3 is 2.97 bits per heavy atom. The quantitative estimate of drug-likeness (QED) is 0.591. The lowest BCUT2D eigenvalue weighted by Gasteiger charge is -2.33. The van der Waals surface area contributed by atoms with Gasteiger partial charge >= 0.3 is 5.97 Å². The molecule has 29 heavy (non-hydrogen) atoms. The minimum atomic E-state index is -0.850. The van der Waals surface area contributed by atoms with E-state index in [1.54, 1.807) is 6.07 Å². The van der Waals surface area contributed by atoms with Crippen LogP contribution in [0, 0.1) is 0 Å². The number of carbonyl (C=O) groups is 1. The number of anilines is 1. The fourth-order valence-electron chi connectivity index (χ4n) is 4.35. The van der Waals surface area contributed by atoms with Crippen molar-refractivity contribution in [2.75, 3.05) is 5.32 Å². The van der Waals surface area contributed by atoms with Crippen molar-refractivity contribution in [3.8, 4) is 0 Å². The number of benzene rings is 2. The highest BCUT2D eigenvalue weighted by Crippen LogP contribution is 2.28. The minimum absolute atomic E-state index is 0.208. The van der Waals surface area contributed by atoms with Gasteiger partial charge in [-0.1, -0.05) is 44.1 Å². The molecule has 1 unspecified atom stereocenters. The molecular formula is C22H25BN4O2. The first kappa shape index (κ1) is 19.1. The maximum atomic E-state index is 11.6. The summed E-state index contributed by atoms with van der Waals surface area (Å²) in [4.78, 5) is 15.8. The first-order valence-corrected chi connectivity index (χ1v) is 9.96. The van der Waals surface area contributed by atoms with E-state index in [0.717, 1.165) is 52.7 Å². The summed E-state index contributed by atoms with van der Waals surface area (Å²) in [6, 6.07) is 11.7. The number of carboxylic acid groups (broad SMARTS) is 1. The second kappa shape index (κ2) is 7.66. The monoisotopic (exact) mass is 388 g/mol. The third-order valence-electron chi connectivity index (χ3n) is 6.00. The van der Waals surface area contributed by atoms with Crippen molar-refractivity contribution in [3.05, 3.63) is 70.8 Å². The van der Waals surface area contributed by atoms with Crippen LogP contribution in [0.2, 0.25) is 6.32 Å². The summed E-state index contributed by atoms with van der Waals surface area (Å²) in [7, 11) is 0. The first-order valence-electron chi connectivity index (χ1n) is 9.96. The van der Waals surface area contributed by atoms with Gasteiger partial charge in [0.25, 0.3) is 0 Å². The molecule has 0 aliphatic carbocycles. The first-order chi connectivity index (χ1) is 14.0. The molecule has 0 spiro atoms. The molecule has 2 aliphatic heterocycles. The Morgan fingerprint density at radius 1 is 1.38 bits per heavy atom. The van der Waals surface area contributed by atoms with Gasteiger partial charge in [0.05, 0.1) is 12.1 Å². The predicted molar refractivity (Wildman–Crippen MR) is 118 cm³/mol. The molecular weight excluding hydrogens is 363 g/mol. The number of nitrogens with zero attached hydrogens (tertiary/aromatic N) is 1. The van der Waals surface area contributed by atoms with Crippen molar-refractivity contribution >= 4 is 30.0 Å². The zero-order valence-corrected chi connectivity index (χ0v) is 16.5. The average Bonchev–Trinajstić information content (AvgIpc) is 2.71. The fourth-order valence-corrected chi connectivity index (χ4v) is 4.35. The third kappa shape index (κ3) is 3.72. The van der Waals surface area contributed by atoms with E-state index in [9.17, 15) is 9.90 Å². The number of rotatable bonds is 5. The largest absolute Gasteiger partial charge is 0.478 e. The maximum absolute atomic E-state index is 11.6. The van der Waals surface area contributed by atoms with Crippen LogP contribution in [0.15, 0.2) is 48.0 Å². The zero-order chi connectivity index (χ0) is 20.5. The second-order valence-corrected chi connectivity index (χ2v) is 7.75. The Kier molecular flexibility index (Phi) is 5.05. The minimum Gasteiger partial charge on any atom is -0.478 e. The lowest BCUT2D eigenvalue weighted by atomic mass is 9.36. The Hall–Kier alpha value is -3.22. The van der Waals surface area contributed by atoms with Crippen LogP contribution >= 0.6 is 0 Å². The molecule has 2 aromatic rings. The molecule has 0 fully saturated rings. The number of hydrogen-bond donors (Lipinski definition) is 4. The van der Waals surface area contributed by atoms with Crippen molar-refractivity contribution in [1.82, 2.24) is 5.32 Å². The van der Waals surface area contributed by atoms with E-state index < -0.39 is 5.97 Å². The van der Waals surface area contributed by atoms with Gasteiger partial charge in [0, 0.05) is 17.3 Å². The number of carboxylic acids is 1. The van der Waals surface area contributed by atoms with Gasteiger partial charge < -0.3 is 21.5 Å². The standard InChI is InChI=1S/C22H25BN4O2/c1-3-23-11-18-15(5-4-6-17(18)21(28)29)10-20(23)26-13(2)14-7-8-16-12-25-22(24)27-19(16)9-14/h4-9,20,26H,2-3,10-12H2,1H3,(H,28,29)(H3,24,25,27). The smallest absolute Gasteiger partial charge is 0.335 e. The van der Waals surface area contributed by atoms with Crippen molar-refractivity contribution in [1.29, 1.82) is 0 Å². The molecule has 2 aromatic carbocycles. The Morgan fingerprint density at radius 2 is 2.21 bits per heavy atom. The van der Waals surface area contributed by atoms with E-state index in [0.29, 0.717) is 24.8 Å². The van der Waals surface area contributed by atoms with Crippen LogP contribution in [0.3, 0.4) is 0 Å². The molecule has 0 amide bonds. The third-order valence-corrected chi connectivity index (χ3v) is 6.00. The van der Waals surface area contributed by atoms with Gasteiger partial charge in [0.2, 0.25) is 0 Å². The van der Waals surface area contributed by atoms with Gasteiger partial charge in [-0.15, -0.1) is 0 Å². The Balaban J connectivity index is 1.55. The number of nitrogens with one attached hydrogen (secondary N) is 2. The highest BCUT2D eigenvalue weighted by molar-refractivity contribution is 6.60. The van der Waals surface area contributed by atoms with Gasteiger partial charge in [-0.3, -0.25) is 0 Å². The summed E-state index contributed by atoms with van der Waals surface area (Å²) in [5, 5.41) is 16.2. The predicted octanol–water partition coefficient (Wildman–Crippen LogP) is 2.95. The van der Waals surface area contributed by atoms with Crippen LogP contribution in [0.25, 0.3) is 5.70 Å². The topological polar surface area (TPSA) is 99.7 Å². The summed E-state index contributed by atoms with van der Waals surface area (Å²) in [5.41, 5.74) is 12.2. The number of nitrogens with two attached hydrogens (primary N) is 1. The summed E-state index contributed by atoms with van der Waals surface area (Å²) in [6.45, 7) is 7.34. The van der Waals surface area contributed by atoms with Gasteiger partial charge in [-0.25, -0.2) is 9.79 Å². The molecule has 7 heteroatoms. The van der Waals surface area contributed by atoms with Crippen LogP contribution in [-0.4, -0.2) is 29.7 Å². The van der Waals surface area contributed by atoms with E-state index in [2.05, 4.69) is 29.1 Å². The van der Waals surface area contributed by atoms with Gasteiger partial charge in [-0.2, -0.15) is 0 Å². The van der Waals surface area contributed by atoms with E-state index in [1.807, 2.05) is 30.3 Å². The fraction of sp³-hybridized carbons (Fsp3) is 0.273. The molecule has 0 radical (unpaired) electrons. The van der Waals surface area contributed by atoms with Crippen molar-refractivity contribution < 1.29 is 9.90 Å². The highest BCUT2D eigenvalue weighted by Gasteiger charge is 2.32. The van der Waals surface area contributed by atoms with Crippen LogP contribution in [0.1, 0.15) is 39.5 Å². The normalized spacial score (nSPS) is 17.5. The van der Waals surface area contributed by atoms with E-state index in [-0.39, 0.29) is 5.94 Å². The molecule has 0 bridgehead atoms. The van der Waals surface area contributed by atoms with Crippen LogP contribution < -0.4 is 16.4 Å². The highest BCUT2D eigenvalue weighted by atomic mass is 16.4. The van der Waals surface area contributed by atoms with Crippen LogP contribution in [0.4, 0.5) is 5.69 Å². The van der Waals surface area contributed by atoms with Crippen molar-refractivity contribution in [3.63, 3.8) is 0 Å². The summed E-state index contributed by atoms with van der Waals surface area (Å²) >= 11 is 0. The molecule has 0 saturated heterocycles. The molecule has 2 aliphatic rings. The molecule has 0 aromatic heterocycles. The number of guanidine groups is 1. The second-order valence-electron chi connectivity index (χ2n) is 7.75. The van der Waals surface area contributed by atoms with Gasteiger partial charge in [0.1, 0.15) is 0 Å². The number of fused-ring (bicyclic) bond motifs is 2. The molecule has 0 saturated carbocycles. The Labute approximate surface area is 171 Å². The van der Waals surface area contributed by atoms with Crippen molar-refractivity contribution in [2.24, 2.45) is 10.7 Å². The lowest BCUT2D eigenvalue weighted by Crippen LogP contribution is -2.48. The van der Waals surface area contributed by atoms with Crippen molar-refractivity contribution in [2.45, 2.75) is 38.5 Å². The summed E-state index contributed by atoms with van der Waals surface area (Å²) in [6.07, 6.45) is 2.52. The molecule has 5 N–H and O–H groups in total. The molecule has 4 rings (SSSR count). The SMILES string of the molecule is C=C(NC1Cc2cccc(C(=O)O)c2CB1CC)c1ccc2c(c1)NC(N)=NC2. The zero-order valence-electron chi connectivity index (χ0n) is 16.5. The van der Waals surface area contributed by atoms with Gasteiger partial charge in [-0.05, 0) is 47.1 Å². The van der Waals surface area contributed by atoms with E-state index in [1.165, 1.54) is 0 Å². The average molecular weight is 388 g/mol. The Bertz CT molecular complexity index is 1020. The number of hydrogen-bond acceptors (Lipinski definition) is 5. The molecule has 1 atom stereocenters. The lowest BCUT2D eigenvalue weighted by molar-refractivity contribution is 0.0695.